The molecule has 2 aromatic rings. The maximum Gasteiger partial charge on any atom is 0.159 e. The Balaban J connectivity index is 2.47. The molecule has 14 heavy (non-hydrogen) atoms. The summed E-state index contributed by atoms with van der Waals surface area (Å²) in [6.07, 6.45) is 4.16. The Morgan fingerprint density at radius 1 is 1.07 bits per heavy atom. The lowest BCUT2D eigenvalue weighted by Gasteiger charge is -1.98. The van der Waals surface area contributed by atoms with Crippen LogP contribution in [0.4, 0.5) is 0 Å². The minimum atomic E-state index is 0.634. The summed E-state index contributed by atoms with van der Waals surface area (Å²) in [6.45, 7) is 0. The molecule has 0 amide bonds. The lowest BCUT2D eigenvalue weighted by Crippen LogP contribution is -1.88. The molecule has 1 heterocycles. The summed E-state index contributed by atoms with van der Waals surface area (Å²) >= 11 is 0. The van der Waals surface area contributed by atoms with Crippen LogP contribution >= 0.6 is 0 Å². The molecular weight excluding hydrogens is 176 g/mol. The summed E-state index contributed by atoms with van der Waals surface area (Å²) in [5.41, 5.74) is 1.49. The van der Waals surface area contributed by atoms with Crippen LogP contribution in [-0.2, 0) is 0 Å². The fraction of sp³-hybridized carbons (Fsp3) is 0. The third-order valence-corrected chi connectivity index (χ3v) is 1.85. The van der Waals surface area contributed by atoms with Crippen molar-refractivity contribution in [3.8, 4) is 11.4 Å². The quantitative estimate of drug-likeness (QED) is 0.670. The lowest BCUT2D eigenvalue weighted by atomic mass is 10.1. The summed E-state index contributed by atoms with van der Waals surface area (Å²) in [7, 11) is 0. The summed E-state index contributed by atoms with van der Waals surface area (Å²) in [4.78, 5) is 18.7. The van der Waals surface area contributed by atoms with Crippen molar-refractivity contribution in [3.05, 3.63) is 48.3 Å². The summed E-state index contributed by atoms with van der Waals surface area (Å²) in [5.74, 6) is 0.635. The Labute approximate surface area is 81.5 Å². The first-order valence-corrected chi connectivity index (χ1v) is 4.23. The SMILES string of the molecule is O=Cc1cccc(-c2ncccn2)c1. The molecule has 0 aliphatic rings. The number of hydrogen-bond acceptors (Lipinski definition) is 3. The van der Waals surface area contributed by atoms with E-state index in [-0.39, 0.29) is 0 Å². The van der Waals surface area contributed by atoms with Gasteiger partial charge in [0.2, 0.25) is 0 Å². The topological polar surface area (TPSA) is 42.9 Å². The summed E-state index contributed by atoms with van der Waals surface area (Å²) in [5, 5.41) is 0. The first-order valence-electron chi connectivity index (χ1n) is 4.23. The summed E-state index contributed by atoms with van der Waals surface area (Å²) in [6, 6.07) is 8.96. The Morgan fingerprint density at radius 3 is 2.57 bits per heavy atom. The van der Waals surface area contributed by atoms with Gasteiger partial charge in [-0.2, -0.15) is 0 Å². The van der Waals surface area contributed by atoms with Crippen LogP contribution in [0.15, 0.2) is 42.7 Å². The molecule has 0 atom stereocenters. The highest BCUT2D eigenvalue weighted by molar-refractivity contribution is 5.77. The molecule has 1 aromatic heterocycles. The number of carbonyl (C=O) groups excluding carboxylic acids is 1. The van der Waals surface area contributed by atoms with Crippen molar-refractivity contribution < 1.29 is 4.79 Å². The van der Waals surface area contributed by atoms with E-state index < -0.39 is 0 Å². The van der Waals surface area contributed by atoms with E-state index in [0.717, 1.165) is 11.8 Å². The van der Waals surface area contributed by atoms with Gasteiger partial charge in [0, 0.05) is 23.5 Å². The third-order valence-electron chi connectivity index (χ3n) is 1.85. The van der Waals surface area contributed by atoms with Crippen molar-refractivity contribution in [3.63, 3.8) is 0 Å². The molecule has 68 valence electrons. The average Bonchev–Trinajstić information content (AvgIpc) is 2.30. The number of rotatable bonds is 2. The molecule has 1 aromatic carbocycles. The predicted molar refractivity (Wildman–Crippen MR) is 52.9 cm³/mol. The fourth-order valence-corrected chi connectivity index (χ4v) is 1.20. The Morgan fingerprint density at radius 2 is 1.86 bits per heavy atom. The Kier molecular flexibility index (Phi) is 2.32. The van der Waals surface area contributed by atoms with Gasteiger partial charge in [-0.05, 0) is 12.1 Å². The number of hydrogen-bond donors (Lipinski definition) is 0. The predicted octanol–water partition coefficient (Wildman–Crippen LogP) is 1.96. The average molecular weight is 184 g/mol. The van der Waals surface area contributed by atoms with Crippen LogP contribution in [0.3, 0.4) is 0 Å². The largest absolute Gasteiger partial charge is 0.298 e. The molecule has 0 saturated heterocycles. The van der Waals surface area contributed by atoms with E-state index in [1.807, 2.05) is 12.1 Å². The van der Waals surface area contributed by atoms with Crippen LogP contribution in [0.5, 0.6) is 0 Å². The molecule has 0 N–H and O–H groups in total. The number of nitrogens with zero attached hydrogens (tertiary/aromatic N) is 2. The van der Waals surface area contributed by atoms with E-state index in [2.05, 4.69) is 9.97 Å². The highest BCUT2D eigenvalue weighted by Crippen LogP contribution is 2.14. The van der Waals surface area contributed by atoms with Gasteiger partial charge in [-0.1, -0.05) is 18.2 Å². The Hall–Kier alpha value is -2.03. The van der Waals surface area contributed by atoms with E-state index in [1.54, 1.807) is 30.6 Å². The van der Waals surface area contributed by atoms with E-state index in [9.17, 15) is 4.79 Å². The standard InChI is InChI=1S/C11H8N2O/c14-8-9-3-1-4-10(7-9)11-12-5-2-6-13-11/h1-8H. The van der Waals surface area contributed by atoms with E-state index >= 15 is 0 Å². The molecule has 0 aliphatic heterocycles. The van der Waals surface area contributed by atoms with Gasteiger partial charge >= 0.3 is 0 Å². The molecule has 0 radical (unpaired) electrons. The molecule has 0 fully saturated rings. The van der Waals surface area contributed by atoms with Gasteiger partial charge in [0.15, 0.2) is 5.82 Å². The van der Waals surface area contributed by atoms with Crippen LogP contribution in [0.25, 0.3) is 11.4 Å². The van der Waals surface area contributed by atoms with Crippen LogP contribution < -0.4 is 0 Å². The van der Waals surface area contributed by atoms with Gasteiger partial charge in [-0.25, -0.2) is 9.97 Å². The van der Waals surface area contributed by atoms with Crippen molar-refractivity contribution in [2.45, 2.75) is 0 Å². The second kappa shape index (κ2) is 3.79. The normalized spacial score (nSPS) is 9.71. The van der Waals surface area contributed by atoms with Crippen molar-refractivity contribution in [2.75, 3.05) is 0 Å². The zero-order chi connectivity index (χ0) is 9.80. The number of aldehydes is 1. The van der Waals surface area contributed by atoms with E-state index in [1.165, 1.54) is 0 Å². The maximum absolute atomic E-state index is 10.5. The van der Waals surface area contributed by atoms with Gasteiger partial charge in [0.05, 0.1) is 0 Å². The van der Waals surface area contributed by atoms with Crippen molar-refractivity contribution in [2.24, 2.45) is 0 Å². The minimum Gasteiger partial charge on any atom is -0.298 e. The zero-order valence-corrected chi connectivity index (χ0v) is 7.42. The van der Waals surface area contributed by atoms with E-state index in [4.69, 9.17) is 0 Å². The van der Waals surface area contributed by atoms with Gasteiger partial charge in [0.25, 0.3) is 0 Å². The molecular formula is C11H8N2O. The van der Waals surface area contributed by atoms with Crippen molar-refractivity contribution >= 4 is 6.29 Å². The number of carbonyl (C=O) groups is 1. The highest BCUT2D eigenvalue weighted by atomic mass is 16.1. The summed E-state index contributed by atoms with van der Waals surface area (Å²) < 4.78 is 0. The first kappa shape index (κ1) is 8.56. The monoisotopic (exact) mass is 184 g/mol. The minimum absolute atomic E-state index is 0.634. The van der Waals surface area contributed by atoms with Gasteiger partial charge in [0.1, 0.15) is 6.29 Å². The second-order valence-electron chi connectivity index (χ2n) is 2.82. The second-order valence-corrected chi connectivity index (χ2v) is 2.82. The van der Waals surface area contributed by atoms with Crippen molar-refractivity contribution in [1.82, 2.24) is 9.97 Å². The first-order chi connectivity index (χ1) is 6.90. The molecule has 0 aliphatic carbocycles. The smallest absolute Gasteiger partial charge is 0.159 e. The molecule has 3 nitrogen and oxygen atoms in total. The van der Waals surface area contributed by atoms with Crippen LogP contribution in [0, 0.1) is 0 Å². The third kappa shape index (κ3) is 1.66. The number of aromatic nitrogens is 2. The van der Waals surface area contributed by atoms with Crippen LogP contribution in [0.1, 0.15) is 10.4 Å². The lowest BCUT2D eigenvalue weighted by molar-refractivity contribution is 0.112. The van der Waals surface area contributed by atoms with Crippen LogP contribution in [-0.4, -0.2) is 16.3 Å². The molecule has 0 bridgehead atoms. The van der Waals surface area contributed by atoms with Crippen molar-refractivity contribution in [1.29, 1.82) is 0 Å². The molecule has 3 heteroatoms. The van der Waals surface area contributed by atoms with Crippen LogP contribution in [0.2, 0.25) is 0 Å². The molecule has 0 saturated carbocycles. The van der Waals surface area contributed by atoms with Gasteiger partial charge in [-0.15, -0.1) is 0 Å². The Bertz CT molecular complexity index is 440. The molecule has 2 rings (SSSR count). The van der Waals surface area contributed by atoms with Gasteiger partial charge in [-0.3, -0.25) is 4.79 Å². The fourth-order valence-electron chi connectivity index (χ4n) is 1.20. The zero-order valence-electron chi connectivity index (χ0n) is 7.42. The highest BCUT2D eigenvalue weighted by Gasteiger charge is 1.99. The molecule has 0 unspecified atom stereocenters. The van der Waals surface area contributed by atoms with Gasteiger partial charge < -0.3 is 0 Å². The number of benzene rings is 1. The maximum atomic E-state index is 10.5. The van der Waals surface area contributed by atoms with E-state index in [0.29, 0.717) is 11.4 Å². The molecule has 0 spiro atoms.